The number of ether oxygens (including phenoxy) is 1. The van der Waals surface area contributed by atoms with Gasteiger partial charge in [-0.05, 0) is 49.2 Å². The van der Waals surface area contributed by atoms with Gasteiger partial charge in [-0.25, -0.2) is 5.43 Å². The second-order valence-corrected chi connectivity index (χ2v) is 4.56. The maximum atomic E-state index is 5.71. The molecule has 3 N–H and O–H groups in total. The maximum absolute atomic E-state index is 5.71. The predicted molar refractivity (Wildman–Crippen MR) is 75.9 cm³/mol. The van der Waals surface area contributed by atoms with Crippen molar-refractivity contribution in [2.75, 3.05) is 7.11 Å². The first kappa shape index (κ1) is 13.5. The maximum Gasteiger partial charge on any atom is 0.118 e. The largest absolute Gasteiger partial charge is 0.497 e. The van der Waals surface area contributed by atoms with Crippen molar-refractivity contribution in [3.05, 3.63) is 58.9 Å². The molecule has 0 saturated heterocycles. The van der Waals surface area contributed by atoms with Gasteiger partial charge < -0.3 is 4.74 Å². The molecule has 19 heavy (non-hydrogen) atoms. The van der Waals surface area contributed by atoms with Gasteiger partial charge in [-0.1, -0.05) is 12.1 Å². The molecule has 0 saturated carbocycles. The van der Waals surface area contributed by atoms with Crippen molar-refractivity contribution in [1.82, 2.24) is 10.4 Å². The molecule has 2 aromatic rings. The molecule has 0 spiro atoms. The third kappa shape index (κ3) is 3.10. The predicted octanol–water partition coefficient (Wildman–Crippen LogP) is 2.26. The van der Waals surface area contributed by atoms with Crippen molar-refractivity contribution < 1.29 is 4.74 Å². The standard InChI is InChI=1S/C15H19N3O/c1-10-8-13(9-11(2)17-10)15(18-16)12-4-6-14(19-3)7-5-12/h4-9,15,18H,16H2,1-3H3. The zero-order chi connectivity index (χ0) is 13.8. The number of aryl methyl sites for hydroxylation is 2. The smallest absolute Gasteiger partial charge is 0.118 e. The highest BCUT2D eigenvalue weighted by Gasteiger charge is 2.13. The first-order valence-electron chi connectivity index (χ1n) is 6.19. The molecule has 2 rings (SSSR count). The average molecular weight is 257 g/mol. The minimum atomic E-state index is -0.0497. The molecule has 1 heterocycles. The SMILES string of the molecule is COc1ccc(C(NN)c2cc(C)nc(C)c2)cc1. The Morgan fingerprint density at radius 3 is 2.11 bits per heavy atom. The summed E-state index contributed by atoms with van der Waals surface area (Å²) >= 11 is 0. The summed E-state index contributed by atoms with van der Waals surface area (Å²) in [5.74, 6) is 6.54. The number of rotatable bonds is 4. The molecular formula is C15H19N3O. The lowest BCUT2D eigenvalue weighted by atomic mass is 9.99. The van der Waals surface area contributed by atoms with E-state index in [1.54, 1.807) is 7.11 Å². The molecule has 4 nitrogen and oxygen atoms in total. The Kier molecular flexibility index (Phi) is 4.14. The van der Waals surface area contributed by atoms with E-state index >= 15 is 0 Å². The van der Waals surface area contributed by atoms with Crippen LogP contribution in [0.5, 0.6) is 5.75 Å². The van der Waals surface area contributed by atoms with Crippen LogP contribution in [0.2, 0.25) is 0 Å². The molecule has 1 aromatic heterocycles. The summed E-state index contributed by atoms with van der Waals surface area (Å²) in [6.45, 7) is 3.97. The van der Waals surface area contributed by atoms with Crippen LogP contribution in [-0.2, 0) is 0 Å². The number of nitrogens with one attached hydrogen (secondary N) is 1. The van der Waals surface area contributed by atoms with Crippen molar-refractivity contribution >= 4 is 0 Å². The summed E-state index contributed by atoms with van der Waals surface area (Å²) in [5.41, 5.74) is 7.04. The van der Waals surface area contributed by atoms with Gasteiger partial charge in [0.1, 0.15) is 5.75 Å². The van der Waals surface area contributed by atoms with Crippen molar-refractivity contribution in [2.45, 2.75) is 19.9 Å². The number of nitrogens with zero attached hydrogens (tertiary/aromatic N) is 1. The molecule has 100 valence electrons. The first-order valence-corrected chi connectivity index (χ1v) is 6.19. The van der Waals surface area contributed by atoms with Crippen LogP contribution in [0.4, 0.5) is 0 Å². The van der Waals surface area contributed by atoms with Crippen molar-refractivity contribution in [3.63, 3.8) is 0 Å². The Morgan fingerprint density at radius 2 is 1.63 bits per heavy atom. The van der Waals surface area contributed by atoms with E-state index in [4.69, 9.17) is 10.6 Å². The fraction of sp³-hybridized carbons (Fsp3) is 0.267. The van der Waals surface area contributed by atoms with E-state index in [1.807, 2.05) is 50.2 Å². The highest BCUT2D eigenvalue weighted by molar-refractivity contribution is 5.36. The van der Waals surface area contributed by atoms with Crippen molar-refractivity contribution in [1.29, 1.82) is 0 Å². The van der Waals surface area contributed by atoms with Crippen LogP contribution in [0.25, 0.3) is 0 Å². The van der Waals surface area contributed by atoms with Crippen LogP contribution in [-0.4, -0.2) is 12.1 Å². The van der Waals surface area contributed by atoms with Crippen LogP contribution in [0, 0.1) is 13.8 Å². The Hall–Kier alpha value is -1.91. The molecule has 0 aliphatic carbocycles. The van der Waals surface area contributed by atoms with Crippen LogP contribution in [0.15, 0.2) is 36.4 Å². The second-order valence-electron chi connectivity index (χ2n) is 4.56. The van der Waals surface area contributed by atoms with E-state index in [0.29, 0.717) is 0 Å². The number of hydrogen-bond acceptors (Lipinski definition) is 4. The van der Waals surface area contributed by atoms with Gasteiger partial charge in [0.2, 0.25) is 0 Å². The van der Waals surface area contributed by atoms with E-state index in [0.717, 1.165) is 28.3 Å². The van der Waals surface area contributed by atoms with Gasteiger partial charge in [0, 0.05) is 11.4 Å². The minimum Gasteiger partial charge on any atom is -0.497 e. The first-order chi connectivity index (χ1) is 9.13. The van der Waals surface area contributed by atoms with Gasteiger partial charge in [-0.3, -0.25) is 10.8 Å². The van der Waals surface area contributed by atoms with E-state index in [1.165, 1.54) is 0 Å². The molecule has 1 unspecified atom stereocenters. The Labute approximate surface area is 113 Å². The second kappa shape index (κ2) is 5.82. The summed E-state index contributed by atoms with van der Waals surface area (Å²) in [7, 11) is 1.66. The fourth-order valence-electron chi connectivity index (χ4n) is 2.21. The molecule has 0 fully saturated rings. The van der Waals surface area contributed by atoms with Gasteiger partial charge in [-0.2, -0.15) is 0 Å². The summed E-state index contributed by atoms with van der Waals surface area (Å²) in [4.78, 5) is 4.38. The van der Waals surface area contributed by atoms with E-state index in [2.05, 4.69) is 10.4 Å². The average Bonchev–Trinajstić information content (AvgIpc) is 2.39. The molecule has 0 bridgehead atoms. The lowest BCUT2D eigenvalue weighted by molar-refractivity contribution is 0.414. The van der Waals surface area contributed by atoms with E-state index < -0.39 is 0 Å². The monoisotopic (exact) mass is 257 g/mol. The van der Waals surface area contributed by atoms with Crippen LogP contribution < -0.4 is 16.0 Å². The fourth-order valence-corrected chi connectivity index (χ4v) is 2.21. The number of hydrazine groups is 1. The molecule has 0 aliphatic heterocycles. The molecule has 4 heteroatoms. The van der Waals surface area contributed by atoms with Gasteiger partial charge in [0.15, 0.2) is 0 Å². The normalized spacial score (nSPS) is 12.2. The third-order valence-corrected chi connectivity index (χ3v) is 3.05. The lowest BCUT2D eigenvalue weighted by Crippen LogP contribution is -2.29. The topological polar surface area (TPSA) is 60.2 Å². The minimum absolute atomic E-state index is 0.0497. The van der Waals surface area contributed by atoms with Crippen LogP contribution in [0.1, 0.15) is 28.6 Å². The number of aromatic nitrogens is 1. The van der Waals surface area contributed by atoms with Gasteiger partial charge in [0.05, 0.1) is 13.2 Å². The highest BCUT2D eigenvalue weighted by atomic mass is 16.5. The van der Waals surface area contributed by atoms with Gasteiger partial charge in [0.25, 0.3) is 0 Å². The van der Waals surface area contributed by atoms with Crippen LogP contribution >= 0.6 is 0 Å². The number of benzene rings is 1. The summed E-state index contributed by atoms with van der Waals surface area (Å²) < 4.78 is 5.16. The quantitative estimate of drug-likeness (QED) is 0.651. The molecule has 1 aromatic carbocycles. The zero-order valence-corrected chi connectivity index (χ0v) is 11.5. The van der Waals surface area contributed by atoms with Crippen LogP contribution in [0.3, 0.4) is 0 Å². The number of methoxy groups -OCH3 is 1. The van der Waals surface area contributed by atoms with E-state index in [-0.39, 0.29) is 6.04 Å². The molecule has 1 atom stereocenters. The van der Waals surface area contributed by atoms with E-state index in [9.17, 15) is 0 Å². The lowest BCUT2D eigenvalue weighted by Gasteiger charge is -2.18. The van der Waals surface area contributed by atoms with Gasteiger partial charge >= 0.3 is 0 Å². The molecule has 0 aliphatic rings. The summed E-state index contributed by atoms with van der Waals surface area (Å²) in [6.07, 6.45) is 0. The number of nitrogens with two attached hydrogens (primary N) is 1. The number of pyridine rings is 1. The highest BCUT2D eigenvalue weighted by Crippen LogP contribution is 2.24. The summed E-state index contributed by atoms with van der Waals surface area (Å²) in [6, 6.07) is 11.9. The third-order valence-electron chi connectivity index (χ3n) is 3.05. The van der Waals surface area contributed by atoms with Gasteiger partial charge in [-0.15, -0.1) is 0 Å². The Balaban J connectivity index is 2.37. The molecule has 0 amide bonds. The Morgan fingerprint density at radius 1 is 1.05 bits per heavy atom. The van der Waals surface area contributed by atoms with Crippen molar-refractivity contribution in [3.8, 4) is 5.75 Å². The van der Waals surface area contributed by atoms with Crippen molar-refractivity contribution in [2.24, 2.45) is 5.84 Å². The molecular weight excluding hydrogens is 238 g/mol. The number of hydrogen-bond donors (Lipinski definition) is 2. The Bertz CT molecular complexity index is 532. The summed E-state index contributed by atoms with van der Waals surface area (Å²) in [5, 5.41) is 0. The molecule has 0 radical (unpaired) electrons. The zero-order valence-electron chi connectivity index (χ0n) is 11.5.